The summed E-state index contributed by atoms with van der Waals surface area (Å²) >= 11 is 34.4. The summed E-state index contributed by atoms with van der Waals surface area (Å²) in [5.41, 5.74) is 2.22. The molecule has 2 aromatic carbocycles. The first-order valence-electron chi connectivity index (χ1n) is 10.6. The second-order valence-corrected chi connectivity index (χ2v) is 12.8. The molecule has 4 aromatic rings. The highest BCUT2D eigenvalue weighted by Gasteiger charge is 2.67. The lowest BCUT2D eigenvalue weighted by Gasteiger charge is -2.09. The SMILES string of the molecule is O=C(Cc1nc(-c2cccs2)cs1)c1cc(NC(=O)C2C(c3cc(Cl)cc(Cl)c3)C2(Cl)Cl)ccc1Cl. The third kappa shape index (κ3) is 5.32. The number of hydrogen-bond acceptors (Lipinski definition) is 5. The Morgan fingerprint density at radius 3 is 2.44 bits per heavy atom. The van der Waals surface area contributed by atoms with Gasteiger partial charge in [-0.25, -0.2) is 4.98 Å². The molecule has 0 saturated heterocycles. The van der Waals surface area contributed by atoms with Crippen LogP contribution in [-0.2, 0) is 11.2 Å². The Balaban J connectivity index is 1.30. The van der Waals surface area contributed by atoms with E-state index in [1.807, 2.05) is 22.9 Å². The summed E-state index contributed by atoms with van der Waals surface area (Å²) in [6.07, 6.45) is 0.0971. The number of thiophene rings is 1. The molecular weight excluding hydrogens is 602 g/mol. The largest absolute Gasteiger partial charge is 0.326 e. The molecule has 1 aliphatic carbocycles. The fourth-order valence-corrected chi connectivity index (χ4v) is 7.17. The van der Waals surface area contributed by atoms with Crippen LogP contribution in [0.2, 0.25) is 15.1 Å². The summed E-state index contributed by atoms with van der Waals surface area (Å²) in [6, 6.07) is 13.6. The normalized spacial score (nSPS) is 18.1. The van der Waals surface area contributed by atoms with Gasteiger partial charge in [0.05, 0.1) is 27.9 Å². The van der Waals surface area contributed by atoms with Crippen molar-refractivity contribution in [2.45, 2.75) is 16.7 Å². The van der Waals surface area contributed by atoms with Gasteiger partial charge < -0.3 is 5.32 Å². The minimum absolute atomic E-state index is 0.0971. The molecule has 0 aliphatic heterocycles. The molecule has 1 aliphatic rings. The van der Waals surface area contributed by atoms with E-state index in [-0.39, 0.29) is 23.1 Å². The van der Waals surface area contributed by atoms with E-state index in [2.05, 4.69) is 10.3 Å². The maximum absolute atomic E-state index is 13.0. The lowest BCUT2D eigenvalue weighted by Crippen LogP contribution is -2.17. The number of ketones is 1. The average Bonchev–Trinajstić information content (AvgIpc) is 3.23. The number of anilines is 1. The smallest absolute Gasteiger partial charge is 0.231 e. The first kappa shape index (κ1) is 26.0. The fourth-order valence-electron chi connectivity index (χ4n) is 4.02. The van der Waals surface area contributed by atoms with Gasteiger partial charge in [-0.2, -0.15) is 0 Å². The molecule has 5 rings (SSSR count). The minimum Gasteiger partial charge on any atom is -0.326 e. The Labute approximate surface area is 240 Å². The third-order valence-corrected chi connectivity index (χ3v) is 9.20. The molecule has 1 fully saturated rings. The zero-order chi connectivity index (χ0) is 25.6. The van der Waals surface area contributed by atoms with Gasteiger partial charge >= 0.3 is 0 Å². The highest BCUT2D eigenvalue weighted by molar-refractivity contribution is 7.14. The standard InChI is InChI=1S/C25H15Cl5N2O2S2/c26-13-6-12(7-14(27)8-13)22-23(25(22,29)30)24(34)31-15-3-4-17(28)16(9-15)19(33)10-21-32-18(11-36-21)20-2-1-5-35-20/h1-9,11,22-23H,10H2,(H,31,34). The van der Waals surface area contributed by atoms with Gasteiger partial charge in [0, 0.05) is 32.6 Å². The molecular formula is C25H15Cl5N2O2S2. The Bertz CT molecular complexity index is 1450. The first-order chi connectivity index (χ1) is 17.1. The average molecular weight is 617 g/mol. The second-order valence-electron chi connectivity index (χ2n) is 8.22. The number of nitrogens with zero attached hydrogens (tertiary/aromatic N) is 1. The number of hydrogen-bond donors (Lipinski definition) is 1. The highest BCUT2D eigenvalue weighted by Crippen LogP contribution is 2.65. The van der Waals surface area contributed by atoms with E-state index in [9.17, 15) is 9.59 Å². The van der Waals surface area contributed by atoms with Crippen LogP contribution in [0.15, 0.2) is 59.3 Å². The van der Waals surface area contributed by atoms with Crippen LogP contribution in [0.25, 0.3) is 10.6 Å². The van der Waals surface area contributed by atoms with Crippen molar-refractivity contribution in [2.24, 2.45) is 5.92 Å². The molecule has 2 atom stereocenters. The molecule has 36 heavy (non-hydrogen) atoms. The number of aromatic nitrogens is 1. The van der Waals surface area contributed by atoms with E-state index in [1.54, 1.807) is 47.7 Å². The lowest BCUT2D eigenvalue weighted by atomic mass is 10.1. The maximum atomic E-state index is 13.0. The number of carbonyl (C=O) groups is 2. The van der Waals surface area contributed by atoms with Crippen LogP contribution in [0, 0.1) is 5.92 Å². The Morgan fingerprint density at radius 2 is 1.75 bits per heavy atom. The summed E-state index contributed by atoms with van der Waals surface area (Å²) in [5.74, 6) is -1.79. The summed E-state index contributed by atoms with van der Waals surface area (Å²) in [6.45, 7) is 0. The van der Waals surface area contributed by atoms with Crippen LogP contribution >= 0.6 is 80.7 Å². The van der Waals surface area contributed by atoms with Crippen molar-refractivity contribution in [3.63, 3.8) is 0 Å². The molecule has 2 unspecified atom stereocenters. The summed E-state index contributed by atoms with van der Waals surface area (Å²) < 4.78 is -1.31. The number of thiazole rings is 1. The predicted octanol–water partition coefficient (Wildman–Crippen LogP) is 8.78. The summed E-state index contributed by atoms with van der Waals surface area (Å²) in [5, 5.41) is 8.53. The van der Waals surface area contributed by atoms with Crippen LogP contribution in [0.1, 0.15) is 26.8 Å². The summed E-state index contributed by atoms with van der Waals surface area (Å²) in [7, 11) is 0. The Hall–Kier alpha value is -1.64. The number of amides is 1. The van der Waals surface area contributed by atoms with Crippen molar-refractivity contribution in [2.75, 3.05) is 5.32 Å². The van der Waals surface area contributed by atoms with Gasteiger partial charge in [0.25, 0.3) is 0 Å². The van der Waals surface area contributed by atoms with Crippen LogP contribution in [0.5, 0.6) is 0 Å². The number of carbonyl (C=O) groups excluding carboxylic acids is 2. The van der Waals surface area contributed by atoms with Gasteiger partial charge in [-0.3, -0.25) is 9.59 Å². The molecule has 1 saturated carbocycles. The van der Waals surface area contributed by atoms with E-state index < -0.39 is 16.2 Å². The van der Waals surface area contributed by atoms with Crippen molar-refractivity contribution in [1.82, 2.24) is 4.98 Å². The number of rotatable bonds is 7. The molecule has 0 spiro atoms. The summed E-state index contributed by atoms with van der Waals surface area (Å²) in [4.78, 5) is 31.7. The number of nitrogens with one attached hydrogen (secondary N) is 1. The zero-order valence-electron chi connectivity index (χ0n) is 18.1. The topological polar surface area (TPSA) is 59.1 Å². The number of Topliss-reactive ketones (excluding diaryl/α,β-unsaturated/α-hetero) is 1. The lowest BCUT2D eigenvalue weighted by molar-refractivity contribution is -0.117. The second kappa shape index (κ2) is 10.3. The first-order valence-corrected chi connectivity index (χ1v) is 14.2. The van der Waals surface area contributed by atoms with E-state index in [0.717, 1.165) is 10.6 Å². The maximum Gasteiger partial charge on any atom is 0.231 e. The van der Waals surface area contributed by atoms with Crippen LogP contribution in [-0.4, -0.2) is 21.0 Å². The molecule has 4 nitrogen and oxygen atoms in total. The molecule has 1 N–H and O–H groups in total. The van der Waals surface area contributed by atoms with Crippen LogP contribution < -0.4 is 5.32 Å². The van der Waals surface area contributed by atoms with Crippen molar-refractivity contribution >= 4 is 98.1 Å². The Kier molecular flexibility index (Phi) is 7.40. The van der Waals surface area contributed by atoms with Gasteiger partial charge in [-0.1, -0.05) is 40.9 Å². The van der Waals surface area contributed by atoms with Gasteiger partial charge in [0.15, 0.2) is 5.78 Å². The van der Waals surface area contributed by atoms with E-state index >= 15 is 0 Å². The van der Waals surface area contributed by atoms with Gasteiger partial charge in [-0.15, -0.1) is 45.9 Å². The zero-order valence-corrected chi connectivity index (χ0v) is 23.5. The van der Waals surface area contributed by atoms with Crippen LogP contribution in [0.3, 0.4) is 0 Å². The molecule has 11 heteroatoms. The van der Waals surface area contributed by atoms with E-state index in [1.165, 1.54) is 11.3 Å². The monoisotopic (exact) mass is 614 g/mol. The number of alkyl halides is 2. The predicted molar refractivity (Wildman–Crippen MR) is 151 cm³/mol. The minimum atomic E-state index is -1.31. The van der Waals surface area contributed by atoms with Crippen LogP contribution in [0.4, 0.5) is 5.69 Å². The van der Waals surface area contributed by atoms with Gasteiger partial charge in [0.2, 0.25) is 5.91 Å². The molecule has 2 heterocycles. The molecule has 1 amide bonds. The molecule has 2 aromatic heterocycles. The molecule has 184 valence electrons. The van der Waals surface area contributed by atoms with E-state index in [0.29, 0.717) is 31.9 Å². The van der Waals surface area contributed by atoms with E-state index in [4.69, 9.17) is 58.0 Å². The number of halogens is 5. The fraction of sp³-hybridized carbons (Fsp3) is 0.160. The third-order valence-electron chi connectivity index (χ3n) is 5.75. The quantitative estimate of drug-likeness (QED) is 0.167. The van der Waals surface area contributed by atoms with Crippen molar-refractivity contribution in [3.8, 4) is 10.6 Å². The van der Waals surface area contributed by atoms with Crippen molar-refractivity contribution in [1.29, 1.82) is 0 Å². The molecule has 0 radical (unpaired) electrons. The van der Waals surface area contributed by atoms with Gasteiger partial charge in [-0.05, 0) is 53.4 Å². The highest BCUT2D eigenvalue weighted by atomic mass is 35.5. The van der Waals surface area contributed by atoms with Crippen molar-refractivity contribution in [3.05, 3.63) is 90.5 Å². The van der Waals surface area contributed by atoms with Gasteiger partial charge in [0.1, 0.15) is 9.34 Å². The van der Waals surface area contributed by atoms with Crippen molar-refractivity contribution < 1.29 is 9.59 Å². The Morgan fingerprint density at radius 1 is 1.00 bits per heavy atom. The molecule has 0 bridgehead atoms. The number of benzene rings is 2.